The predicted octanol–water partition coefficient (Wildman–Crippen LogP) is 2.93. The highest BCUT2D eigenvalue weighted by Gasteiger charge is 2.76. The van der Waals surface area contributed by atoms with Crippen LogP contribution in [0.3, 0.4) is 0 Å². The van der Waals surface area contributed by atoms with E-state index in [1.165, 1.54) is 0 Å². The second-order valence-electron chi connectivity index (χ2n) is 7.40. The molecular weight excluding hydrogens is 292 g/mol. The maximum atomic E-state index is 6.66. The molecule has 1 heterocycles. The summed E-state index contributed by atoms with van der Waals surface area (Å²) in [6.07, 6.45) is 0. The monoisotopic (exact) mass is 322 g/mol. The van der Waals surface area contributed by atoms with E-state index in [0.29, 0.717) is 0 Å². The molecule has 0 amide bonds. The van der Waals surface area contributed by atoms with E-state index in [1.807, 2.05) is 14.2 Å². The quantitative estimate of drug-likeness (QED) is 0.732. The van der Waals surface area contributed by atoms with Gasteiger partial charge >= 0.3 is 8.08 Å². The Hall–Kier alpha value is 0.748. The van der Waals surface area contributed by atoms with E-state index in [4.69, 9.17) is 13.3 Å². The van der Waals surface area contributed by atoms with Crippen molar-refractivity contribution in [2.24, 2.45) is 0 Å². The molecule has 0 aromatic heterocycles. The first-order valence-corrected chi connectivity index (χ1v) is 20.4. The lowest BCUT2D eigenvalue weighted by atomic mass is 10.5. The van der Waals surface area contributed by atoms with Gasteiger partial charge in [-0.1, -0.05) is 26.2 Å². The summed E-state index contributed by atoms with van der Waals surface area (Å²) in [6, 6.07) is 0. The third kappa shape index (κ3) is 1.75. The van der Waals surface area contributed by atoms with Crippen molar-refractivity contribution >= 4 is 30.1 Å². The molecule has 0 spiro atoms. The Morgan fingerprint density at radius 2 is 1.17 bits per heavy atom. The van der Waals surface area contributed by atoms with Gasteiger partial charge in [0.25, 0.3) is 0 Å². The molecule has 0 N–H and O–H groups in total. The van der Waals surface area contributed by atoms with Crippen LogP contribution in [0.1, 0.15) is 13.8 Å². The summed E-state index contributed by atoms with van der Waals surface area (Å²) in [5.41, 5.74) is 0. The van der Waals surface area contributed by atoms with Gasteiger partial charge in [-0.15, -0.1) is 0 Å². The molecule has 1 aliphatic rings. The summed E-state index contributed by atoms with van der Waals surface area (Å²) in [5.74, 6) is 0. The van der Waals surface area contributed by atoms with Crippen molar-refractivity contribution in [2.75, 3.05) is 14.2 Å². The van der Waals surface area contributed by atoms with Gasteiger partial charge < -0.3 is 13.3 Å². The molecule has 1 saturated heterocycles. The number of rotatable bonds is 2. The summed E-state index contributed by atoms with van der Waals surface area (Å²) in [6.45, 7) is 19.2. The molecule has 1 aliphatic heterocycles. The van der Waals surface area contributed by atoms with Crippen LogP contribution < -0.4 is 0 Å². The molecule has 0 aliphatic carbocycles. The molecule has 0 atom stereocenters. The molecular formula is C11H30O3Si4. The first kappa shape index (κ1) is 16.8. The minimum atomic E-state index is -2.30. The minimum absolute atomic E-state index is 0.232. The Labute approximate surface area is 116 Å². The van der Waals surface area contributed by atoms with E-state index in [2.05, 4.69) is 53.1 Å². The summed E-state index contributed by atoms with van der Waals surface area (Å²) >= 11 is 0. The topological polar surface area (TPSA) is 27.7 Å². The van der Waals surface area contributed by atoms with Crippen molar-refractivity contribution in [3.8, 4) is 0 Å². The minimum Gasteiger partial charge on any atom is -0.413 e. The SMILES string of the molecule is CO[Si]1(OC)C(C)(C)O[Si](C)(C)[Si](C)(C)[Si]1(C)C. The van der Waals surface area contributed by atoms with Gasteiger partial charge in [-0.05, 0) is 26.9 Å². The fourth-order valence-electron chi connectivity index (χ4n) is 3.83. The Kier molecular flexibility index (Phi) is 4.08. The molecule has 108 valence electrons. The van der Waals surface area contributed by atoms with Crippen LogP contribution in [0.25, 0.3) is 0 Å². The van der Waals surface area contributed by atoms with E-state index in [0.717, 1.165) is 0 Å². The molecule has 18 heavy (non-hydrogen) atoms. The van der Waals surface area contributed by atoms with Crippen LogP contribution in [0.4, 0.5) is 0 Å². The molecule has 0 unspecified atom stereocenters. The van der Waals surface area contributed by atoms with Crippen LogP contribution in [0.2, 0.25) is 39.3 Å². The zero-order valence-electron chi connectivity index (χ0n) is 13.7. The Morgan fingerprint density at radius 3 is 1.50 bits per heavy atom. The fourth-order valence-corrected chi connectivity index (χ4v) is 68.1. The van der Waals surface area contributed by atoms with Crippen molar-refractivity contribution in [3.63, 3.8) is 0 Å². The van der Waals surface area contributed by atoms with Crippen molar-refractivity contribution in [2.45, 2.75) is 58.4 Å². The van der Waals surface area contributed by atoms with Crippen molar-refractivity contribution in [3.05, 3.63) is 0 Å². The fraction of sp³-hybridized carbons (Fsp3) is 1.00. The Bertz CT molecular complexity index is 335. The Balaban J connectivity index is 3.54. The van der Waals surface area contributed by atoms with Crippen molar-refractivity contribution in [1.82, 2.24) is 0 Å². The number of hydrogen-bond acceptors (Lipinski definition) is 3. The largest absolute Gasteiger partial charge is 0.413 e. The standard InChI is InChI=1S/C11H30O3Si4/c1-11(2)14-15(5,6)16(7,8)17(9,10)18(11,12-3)13-4/h1-10H3. The van der Waals surface area contributed by atoms with E-state index in [-0.39, 0.29) is 5.22 Å². The van der Waals surface area contributed by atoms with Crippen LogP contribution in [0.15, 0.2) is 0 Å². The summed E-state index contributed by atoms with van der Waals surface area (Å²) < 4.78 is 18.9. The second kappa shape index (κ2) is 4.37. The first-order valence-electron chi connectivity index (χ1n) is 6.63. The van der Waals surface area contributed by atoms with Gasteiger partial charge in [-0.3, -0.25) is 0 Å². The van der Waals surface area contributed by atoms with Gasteiger partial charge in [0.15, 0.2) is 7.83 Å². The number of hydrogen-bond donors (Lipinski definition) is 0. The lowest BCUT2D eigenvalue weighted by molar-refractivity contribution is 0.106. The van der Waals surface area contributed by atoms with Gasteiger partial charge in [-0.25, -0.2) is 0 Å². The second-order valence-corrected chi connectivity index (χ2v) is 44.0. The molecule has 0 radical (unpaired) electrons. The first-order chi connectivity index (χ1) is 7.83. The van der Waals surface area contributed by atoms with Gasteiger partial charge in [0.05, 0.1) is 12.3 Å². The van der Waals surface area contributed by atoms with E-state index in [9.17, 15) is 0 Å². The maximum Gasteiger partial charge on any atom is 0.343 e. The van der Waals surface area contributed by atoms with Gasteiger partial charge in [0.1, 0.15) is 7.11 Å². The average Bonchev–Trinajstić information content (AvgIpc) is 2.15. The highest BCUT2D eigenvalue weighted by molar-refractivity contribution is 7.82. The molecule has 0 bridgehead atoms. The van der Waals surface area contributed by atoms with Crippen LogP contribution in [-0.4, -0.2) is 49.6 Å². The normalized spacial score (nSPS) is 31.0. The van der Waals surface area contributed by atoms with Crippen LogP contribution >= 0.6 is 0 Å². The molecule has 1 fully saturated rings. The zero-order valence-corrected chi connectivity index (χ0v) is 17.7. The highest BCUT2D eigenvalue weighted by atomic mass is 29.8. The summed E-state index contributed by atoms with van der Waals surface area (Å²) in [4.78, 5) is 0. The molecule has 1 rings (SSSR count). The van der Waals surface area contributed by atoms with Crippen LogP contribution in [-0.2, 0) is 13.3 Å². The van der Waals surface area contributed by atoms with Crippen LogP contribution in [0, 0.1) is 0 Å². The molecule has 0 aromatic rings. The summed E-state index contributed by atoms with van der Waals surface area (Å²) in [7, 11) is -3.31. The molecule has 0 aromatic carbocycles. The maximum absolute atomic E-state index is 6.66. The van der Waals surface area contributed by atoms with E-state index >= 15 is 0 Å². The van der Waals surface area contributed by atoms with E-state index < -0.39 is 30.1 Å². The lowest BCUT2D eigenvalue weighted by Gasteiger charge is -2.64. The van der Waals surface area contributed by atoms with Gasteiger partial charge in [0, 0.05) is 14.2 Å². The summed E-state index contributed by atoms with van der Waals surface area (Å²) in [5, 5.41) is -0.232. The van der Waals surface area contributed by atoms with Crippen LogP contribution in [0.5, 0.6) is 0 Å². The smallest absolute Gasteiger partial charge is 0.343 e. The zero-order chi connectivity index (χ0) is 14.6. The molecule has 0 saturated carbocycles. The van der Waals surface area contributed by atoms with Gasteiger partial charge in [-0.2, -0.15) is 0 Å². The van der Waals surface area contributed by atoms with Crippen molar-refractivity contribution < 1.29 is 13.3 Å². The average molecular weight is 323 g/mol. The van der Waals surface area contributed by atoms with Gasteiger partial charge in [0.2, 0.25) is 0 Å². The van der Waals surface area contributed by atoms with Crippen molar-refractivity contribution in [1.29, 1.82) is 0 Å². The third-order valence-electron chi connectivity index (χ3n) is 5.77. The lowest BCUT2D eigenvalue weighted by Crippen LogP contribution is -2.93. The molecule has 3 nitrogen and oxygen atoms in total. The van der Waals surface area contributed by atoms with E-state index in [1.54, 1.807) is 0 Å². The predicted molar refractivity (Wildman–Crippen MR) is 87.4 cm³/mol. The third-order valence-corrected chi connectivity index (χ3v) is 66.2. The molecule has 7 heteroatoms. The highest BCUT2D eigenvalue weighted by Crippen LogP contribution is 2.48. The Morgan fingerprint density at radius 1 is 0.778 bits per heavy atom.